The van der Waals surface area contributed by atoms with Crippen LogP contribution in [0, 0.1) is 5.92 Å². The fourth-order valence-corrected chi connectivity index (χ4v) is 3.67. The van der Waals surface area contributed by atoms with E-state index in [0.29, 0.717) is 0 Å². The number of aryl methyl sites for hydroxylation is 1. The van der Waals surface area contributed by atoms with Gasteiger partial charge in [-0.25, -0.2) is 0 Å². The maximum Gasteiger partial charge on any atom is 0.321 e. The summed E-state index contributed by atoms with van der Waals surface area (Å²) in [6, 6.07) is 17.5. The first kappa shape index (κ1) is 19.7. The topological polar surface area (TPSA) is 57.5 Å². The Hall–Kier alpha value is -3.08. The molecule has 1 atom stereocenters. The number of benzene rings is 2. The minimum Gasteiger partial charge on any atom is -0.465 e. The molecule has 0 amide bonds. The van der Waals surface area contributed by atoms with Crippen molar-refractivity contribution >= 4 is 22.8 Å². The lowest BCUT2D eigenvalue weighted by atomic mass is 9.80. The summed E-state index contributed by atoms with van der Waals surface area (Å²) in [4.78, 5) is 25.7. The molecule has 0 saturated heterocycles. The number of hydrogen-bond donors (Lipinski definition) is 0. The van der Waals surface area contributed by atoms with Crippen LogP contribution in [0.5, 0.6) is 0 Å². The van der Waals surface area contributed by atoms with E-state index in [-0.39, 0.29) is 13.2 Å². The van der Waals surface area contributed by atoms with Gasteiger partial charge in [0.1, 0.15) is 0 Å². The van der Waals surface area contributed by atoms with Gasteiger partial charge in [-0.05, 0) is 31.0 Å². The van der Waals surface area contributed by atoms with Crippen LogP contribution in [-0.4, -0.2) is 29.7 Å². The number of hydrogen-bond acceptors (Lipinski definition) is 4. The van der Waals surface area contributed by atoms with Gasteiger partial charge in [-0.3, -0.25) is 9.59 Å². The van der Waals surface area contributed by atoms with E-state index < -0.39 is 23.8 Å². The second kappa shape index (κ2) is 8.74. The molecule has 0 fully saturated rings. The van der Waals surface area contributed by atoms with Crippen LogP contribution < -0.4 is 0 Å². The number of rotatable bonds is 7. The summed E-state index contributed by atoms with van der Waals surface area (Å²) in [5.74, 6) is -2.72. The number of para-hydroxylation sites is 1. The highest BCUT2D eigenvalue weighted by atomic mass is 16.6. The molecule has 0 saturated carbocycles. The normalized spacial score (nSPS) is 12.1. The van der Waals surface area contributed by atoms with Gasteiger partial charge in [0.25, 0.3) is 0 Å². The summed E-state index contributed by atoms with van der Waals surface area (Å²) < 4.78 is 12.5. The highest BCUT2D eigenvalue weighted by molar-refractivity contribution is 5.98. The summed E-state index contributed by atoms with van der Waals surface area (Å²) in [5, 5.41) is 0.998. The Morgan fingerprint density at radius 3 is 2.07 bits per heavy atom. The van der Waals surface area contributed by atoms with E-state index in [1.165, 1.54) is 0 Å². The van der Waals surface area contributed by atoms with Crippen molar-refractivity contribution in [2.45, 2.75) is 19.8 Å². The molecule has 0 N–H and O–H groups in total. The molecule has 2 aromatic carbocycles. The van der Waals surface area contributed by atoms with Crippen LogP contribution in [0.2, 0.25) is 0 Å². The van der Waals surface area contributed by atoms with Gasteiger partial charge in [0, 0.05) is 30.1 Å². The van der Waals surface area contributed by atoms with Crippen molar-refractivity contribution in [1.82, 2.24) is 4.57 Å². The van der Waals surface area contributed by atoms with E-state index in [0.717, 1.165) is 22.0 Å². The number of esters is 2. The maximum atomic E-state index is 12.9. The van der Waals surface area contributed by atoms with Crippen molar-refractivity contribution in [2.75, 3.05) is 13.2 Å². The first-order valence-electron chi connectivity index (χ1n) is 9.50. The molecule has 0 spiro atoms. The largest absolute Gasteiger partial charge is 0.465 e. The first-order valence-corrected chi connectivity index (χ1v) is 9.50. The zero-order chi connectivity index (χ0) is 20.1. The molecule has 146 valence electrons. The zero-order valence-electron chi connectivity index (χ0n) is 16.4. The molecule has 3 aromatic rings. The number of nitrogens with zero attached hydrogens (tertiary/aromatic N) is 1. The SMILES string of the molecule is CCOC(=O)C(C(=O)OCC)C(c1ccccc1)c1cn(C)c2ccccc12. The van der Waals surface area contributed by atoms with Crippen LogP contribution in [0.3, 0.4) is 0 Å². The molecular weight excluding hydrogens is 354 g/mol. The average molecular weight is 379 g/mol. The molecule has 0 bridgehead atoms. The fraction of sp³-hybridized carbons (Fsp3) is 0.304. The Kier molecular flexibility index (Phi) is 6.14. The van der Waals surface area contributed by atoms with E-state index in [2.05, 4.69) is 0 Å². The van der Waals surface area contributed by atoms with Gasteiger partial charge in [-0.1, -0.05) is 48.5 Å². The van der Waals surface area contributed by atoms with Crippen molar-refractivity contribution in [3.8, 4) is 0 Å². The number of ether oxygens (including phenoxy) is 2. The summed E-state index contributed by atoms with van der Waals surface area (Å²) in [6.07, 6.45) is 1.98. The molecule has 1 unspecified atom stereocenters. The molecule has 28 heavy (non-hydrogen) atoms. The van der Waals surface area contributed by atoms with E-state index in [4.69, 9.17) is 9.47 Å². The van der Waals surface area contributed by atoms with E-state index >= 15 is 0 Å². The monoisotopic (exact) mass is 379 g/mol. The highest BCUT2D eigenvalue weighted by Gasteiger charge is 2.40. The standard InChI is InChI=1S/C23H25NO4/c1-4-27-22(25)21(23(26)28-5-2)20(16-11-7-6-8-12-16)18-15-24(3)19-14-10-9-13-17(18)19/h6-15,20-21H,4-5H2,1-3H3. The Morgan fingerprint density at radius 1 is 0.893 bits per heavy atom. The third-order valence-corrected chi connectivity index (χ3v) is 4.84. The molecule has 0 radical (unpaired) electrons. The van der Waals surface area contributed by atoms with Gasteiger partial charge in [0.2, 0.25) is 0 Å². The first-order chi connectivity index (χ1) is 13.6. The Morgan fingerprint density at radius 2 is 1.46 bits per heavy atom. The fourth-order valence-electron chi connectivity index (χ4n) is 3.67. The van der Waals surface area contributed by atoms with Gasteiger partial charge < -0.3 is 14.0 Å². The Bertz CT molecular complexity index is 943. The second-order valence-corrected chi connectivity index (χ2v) is 6.58. The Balaban J connectivity index is 2.23. The van der Waals surface area contributed by atoms with Crippen LogP contribution in [0.1, 0.15) is 30.9 Å². The number of aromatic nitrogens is 1. The molecule has 0 aliphatic carbocycles. The van der Waals surface area contributed by atoms with Gasteiger partial charge in [0.15, 0.2) is 5.92 Å². The van der Waals surface area contributed by atoms with Crippen LogP contribution in [-0.2, 0) is 26.1 Å². The summed E-state index contributed by atoms with van der Waals surface area (Å²) in [5.41, 5.74) is 2.80. The van der Waals surface area contributed by atoms with Crippen LogP contribution in [0.25, 0.3) is 10.9 Å². The molecule has 1 heterocycles. The predicted octanol–water partition coefficient (Wildman–Crippen LogP) is 4.05. The van der Waals surface area contributed by atoms with Gasteiger partial charge in [-0.15, -0.1) is 0 Å². The molecular formula is C23H25NO4. The van der Waals surface area contributed by atoms with E-state index in [9.17, 15) is 9.59 Å². The lowest BCUT2D eigenvalue weighted by Crippen LogP contribution is -2.34. The molecule has 0 aliphatic rings. The molecule has 5 nitrogen and oxygen atoms in total. The lowest BCUT2D eigenvalue weighted by molar-refractivity contribution is -0.162. The smallest absolute Gasteiger partial charge is 0.321 e. The Labute approximate surface area is 164 Å². The molecule has 3 rings (SSSR count). The van der Waals surface area contributed by atoms with E-state index in [1.54, 1.807) is 13.8 Å². The van der Waals surface area contributed by atoms with Crippen molar-refractivity contribution < 1.29 is 19.1 Å². The quantitative estimate of drug-likeness (QED) is 0.459. The van der Waals surface area contributed by atoms with Gasteiger partial charge in [0.05, 0.1) is 13.2 Å². The number of fused-ring (bicyclic) bond motifs is 1. The highest BCUT2D eigenvalue weighted by Crippen LogP contribution is 2.38. The van der Waals surface area contributed by atoms with Crippen LogP contribution in [0.4, 0.5) is 0 Å². The number of carbonyl (C=O) groups is 2. The minimum absolute atomic E-state index is 0.200. The average Bonchev–Trinajstić information content (AvgIpc) is 3.03. The zero-order valence-corrected chi connectivity index (χ0v) is 16.4. The third kappa shape index (κ3) is 3.79. The predicted molar refractivity (Wildman–Crippen MR) is 108 cm³/mol. The maximum absolute atomic E-state index is 12.9. The van der Waals surface area contributed by atoms with Crippen LogP contribution >= 0.6 is 0 Å². The molecule has 0 aliphatic heterocycles. The van der Waals surface area contributed by atoms with Crippen molar-refractivity contribution in [3.63, 3.8) is 0 Å². The van der Waals surface area contributed by atoms with Crippen molar-refractivity contribution in [3.05, 3.63) is 71.9 Å². The molecule has 5 heteroatoms. The van der Waals surface area contributed by atoms with Crippen LogP contribution in [0.15, 0.2) is 60.8 Å². The third-order valence-electron chi connectivity index (χ3n) is 4.84. The van der Waals surface area contributed by atoms with Gasteiger partial charge in [-0.2, -0.15) is 0 Å². The lowest BCUT2D eigenvalue weighted by Gasteiger charge is -2.24. The summed E-state index contributed by atoms with van der Waals surface area (Å²) >= 11 is 0. The van der Waals surface area contributed by atoms with Crippen molar-refractivity contribution in [1.29, 1.82) is 0 Å². The van der Waals surface area contributed by atoms with Gasteiger partial charge >= 0.3 is 11.9 Å². The minimum atomic E-state index is -1.08. The second-order valence-electron chi connectivity index (χ2n) is 6.58. The summed E-state index contributed by atoms with van der Waals surface area (Å²) in [6.45, 7) is 3.86. The molecule has 1 aromatic heterocycles. The van der Waals surface area contributed by atoms with E-state index in [1.807, 2.05) is 72.4 Å². The summed E-state index contributed by atoms with van der Waals surface area (Å²) in [7, 11) is 1.96. The van der Waals surface area contributed by atoms with Crippen molar-refractivity contribution in [2.24, 2.45) is 13.0 Å². The number of carbonyl (C=O) groups excluding carboxylic acids is 2.